The van der Waals surface area contributed by atoms with Crippen LogP contribution in [0, 0.1) is 0 Å². The van der Waals surface area contributed by atoms with Crippen molar-refractivity contribution in [3.05, 3.63) is 46.7 Å². The van der Waals surface area contributed by atoms with Gasteiger partial charge in [-0.2, -0.15) is 5.10 Å². The molecule has 2 unspecified atom stereocenters. The molecular weight excluding hydrogens is 334 g/mol. The van der Waals surface area contributed by atoms with Crippen LogP contribution in [0.3, 0.4) is 0 Å². The minimum atomic E-state index is -0.135. The number of amides is 1. The van der Waals surface area contributed by atoms with Crippen LogP contribution < -0.4 is 16.2 Å². The van der Waals surface area contributed by atoms with Crippen molar-refractivity contribution >= 4 is 21.8 Å². The van der Waals surface area contributed by atoms with Crippen LogP contribution in [-0.2, 0) is 0 Å². The van der Waals surface area contributed by atoms with E-state index >= 15 is 0 Å². The molecule has 1 fully saturated rings. The van der Waals surface area contributed by atoms with Crippen molar-refractivity contribution in [2.75, 3.05) is 0 Å². The summed E-state index contributed by atoms with van der Waals surface area (Å²) in [5, 5.41) is 7.16. The summed E-state index contributed by atoms with van der Waals surface area (Å²) in [5.74, 6) is -0.135. The summed E-state index contributed by atoms with van der Waals surface area (Å²) in [6.07, 6.45) is 4.10. The lowest BCUT2D eigenvalue weighted by Crippen LogP contribution is -2.44. The molecule has 2 atom stereocenters. The molecular formula is C14H16BrN5O. The number of benzene rings is 1. The molecule has 1 aliphatic heterocycles. The van der Waals surface area contributed by atoms with Gasteiger partial charge < -0.3 is 5.32 Å². The average Bonchev–Trinajstić information content (AvgIpc) is 3.08. The summed E-state index contributed by atoms with van der Waals surface area (Å²) in [4.78, 5) is 12.2. The molecule has 0 aliphatic carbocycles. The Labute approximate surface area is 131 Å². The van der Waals surface area contributed by atoms with E-state index in [-0.39, 0.29) is 12.1 Å². The zero-order valence-corrected chi connectivity index (χ0v) is 13.1. The fourth-order valence-corrected chi connectivity index (χ4v) is 2.64. The topological polar surface area (TPSA) is 71.0 Å². The van der Waals surface area contributed by atoms with Crippen LogP contribution >= 0.6 is 15.9 Å². The molecule has 1 aromatic carbocycles. The molecule has 2 heterocycles. The Hall–Kier alpha value is -1.70. The van der Waals surface area contributed by atoms with Crippen LogP contribution in [0.1, 0.15) is 23.7 Å². The van der Waals surface area contributed by atoms with Crippen LogP contribution in [0.25, 0.3) is 5.69 Å². The minimum Gasteiger partial charge on any atom is -0.335 e. The summed E-state index contributed by atoms with van der Waals surface area (Å²) in [7, 11) is 0. The van der Waals surface area contributed by atoms with Gasteiger partial charge in [0.05, 0.1) is 23.6 Å². The van der Waals surface area contributed by atoms with E-state index in [1.807, 2.05) is 24.3 Å². The standard InChI is InChI=1S/C14H16BrN5O/c1-9-5-13(19-18-9)17-14(21)10-7-16-20(8-10)12-4-2-3-11(15)6-12/h2-4,6-9,13,18-19H,5H2,1H3,(H,17,21). The van der Waals surface area contributed by atoms with Gasteiger partial charge in [0.15, 0.2) is 0 Å². The Kier molecular flexibility index (Phi) is 4.05. The third-order valence-corrected chi connectivity index (χ3v) is 3.81. The predicted octanol–water partition coefficient (Wildman–Crippen LogP) is 1.58. The molecule has 1 aliphatic rings. The number of nitrogens with zero attached hydrogens (tertiary/aromatic N) is 2. The molecule has 1 aromatic heterocycles. The first-order chi connectivity index (χ1) is 10.1. The molecule has 7 heteroatoms. The SMILES string of the molecule is CC1CC(NC(=O)c2cnn(-c3cccc(Br)c3)c2)NN1. The number of nitrogens with one attached hydrogen (secondary N) is 3. The lowest BCUT2D eigenvalue weighted by Gasteiger charge is -2.10. The molecule has 3 N–H and O–H groups in total. The molecule has 3 rings (SSSR count). The van der Waals surface area contributed by atoms with Gasteiger partial charge in [0.2, 0.25) is 0 Å². The lowest BCUT2D eigenvalue weighted by molar-refractivity contribution is 0.0932. The van der Waals surface area contributed by atoms with Crippen molar-refractivity contribution in [3.63, 3.8) is 0 Å². The Bertz CT molecular complexity index is 656. The van der Waals surface area contributed by atoms with Gasteiger partial charge >= 0.3 is 0 Å². The highest BCUT2D eigenvalue weighted by Crippen LogP contribution is 2.15. The van der Waals surface area contributed by atoms with Crippen LogP contribution in [0.5, 0.6) is 0 Å². The van der Waals surface area contributed by atoms with Crippen molar-refractivity contribution in [2.24, 2.45) is 0 Å². The van der Waals surface area contributed by atoms with E-state index in [9.17, 15) is 4.79 Å². The molecule has 110 valence electrons. The molecule has 2 aromatic rings. The third-order valence-electron chi connectivity index (χ3n) is 3.32. The normalized spacial score (nSPS) is 21.4. The smallest absolute Gasteiger partial charge is 0.255 e. The first-order valence-electron chi connectivity index (χ1n) is 6.74. The monoisotopic (exact) mass is 349 g/mol. The lowest BCUT2D eigenvalue weighted by atomic mass is 10.2. The highest BCUT2D eigenvalue weighted by atomic mass is 79.9. The predicted molar refractivity (Wildman–Crippen MR) is 82.9 cm³/mol. The van der Waals surface area contributed by atoms with Gasteiger partial charge in [0, 0.05) is 16.7 Å². The fraction of sp³-hybridized carbons (Fsp3) is 0.286. The summed E-state index contributed by atoms with van der Waals surface area (Å²) < 4.78 is 2.65. The van der Waals surface area contributed by atoms with Crippen LogP contribution in [0.15, 0.2) is 41.1 Å². The van der Waals surface area contributed by atoms with E-state index in [1.54, 1.807) is 17.1 Å². The zero-order valence-electron chi connectivity index (χ0n) is 11.5. The quantitative estimate of drug-likeness (QED) is 0.786. The Morgan fingerprint density at radius 3 is 3.05 bits per heavy atom. The molecule has 6 nitrogen and oxygen atoms in total. The van der Waals surface area contributed by atoms with E-state index in [0.29, 0.717) is 11.6 Å². The molecule has 21 heavy (non-hydrogen) atoms. The van der Waals surface area contributed by atoms with Crippen molar-refractivity contribution < 1.29 is 4.79 Å². The summed E-state index contributed by atoms with van der Waals surface area (Å²) >= 11 is 3.42. The molecule has 0 bridgehead atoms. The average molecular weight is 350 g/mol. The van der Waals surface area contributed by atoms with E-state index in [0.717, 1.165) is 16.6 Å². The summed E-state index contributed by atoms with van der Waals surface area (Å²) in [6.45, 7) is 2.06. The molecule has 1 saturated heterocycles. The number of aromatic nitrogens is 2. The number of hydrazine groups is 1. The van der Waals surface area contributed by atoms with Gasteiger partial charge in [-0.15, -0.1) is 0 Å². The second-order valence-corrected chi connectivity index (χ2v) is 6.02. The van der Waals surface area contributed by atoms with E-state index in [2.05, 4.69) is 44.1 Å². The zero-order chi connectivity index (χ0) is 14.8. The second kappa shape index (κ2) is 5.97. The number of hydrogen-bond acceptors (Lipinski definition) is 4. The fourth-order valence-electron chi connectivity index (χ4n) is 2.25. The molecule has 0 spiro atoms. The maximum absolute atomic E-state index is 12.2. The van der Waals surface area contributed by atoms with Gasteiger partial charge in [-0.05, 0) is 31.5 Å². The Balaban J connectivity index is 1.71. The van der Waals surface area contributed by atoms with Crippen LogP contribution in [-0.4, -0.2) is 27.9 Å². The van der Waals surface area contributed by atoms with Gasteiger partial charge in [-0.3, -0.25) is 10.2 Å². The first-order valence-corrected chi connectivity index (χ1v) is 7.53. The van der Waals surface area contributed by atoms with Gasteiger partial charge in [0.1, 0.15) is 0 Å². The first kappa shape index (κ1) is 14.2. The molecule has 1 amide bonds. The Morgan fingerprint density at radius 1 is 1.48 bits per heavy atom. The second-order valence-electron chi connectivity index (χ2n) is 5.10. The number of carbonyl (C=O) groups excluding carboxylic acids is 1. The largest absolute Gasteiger partial charge is 0.335 e. The van der Waals surface area contributed by atoms with Crippen molar-refractivity contribution in [2.45, 2.75) is 25.6 Å². The maximum Gasteiger partial charge on any atom is 0.255 e. The van der Waals surface area contributed by atoms with Crippen molar-refractivity contribution in [3.8, 4) is 5.69 Å². The van der Waals surface area contributed by atoms with Gasteiger partial charge in [-0.25, -0.2) is 10.1 Å². The number of hydrogen-bond donors (Lipinski definition) is 3. The van der Waals surface area contributed by atoms with Gasteiger partial charge in [0.25, 0.3) is 5.91 Å². The number of halogens is 1. The molecule has 0 saturated carbocycles. The molecule has 0 radical (unpaired) electrons. The van der Waals surface area contributed by atoms with Crippen LogP contribution in [0.4, 0.5) is 0 Å². The third kappa shape index (κ3) is 3.31. The summed E-state index contributed by atoms with van der Waals surface area (Å²) in [5.41, 5.74) is 7.55. The summed E-state index contributed by atoms with van der Waals surface area (Å²) in [6, 6.07) is 8.10. The van der Waals surface area contributed by atoms with E-state index in [4.69, 9.17) is 0 Å². The number of carbonyl (C=O) groups is 1. The van der Waals surface area contributed by atoms with Crippen molar-refractivity contribution in [1.82, 2.24) is 25.9 Å². The minimum absolute atomic E-state index is 0.0540. The van der Waals surface area contributed by atoms with E-state index < -0.39 is 0 Å². The number of rotatable bonds is 3. The van der Waals surface area contributed by atoms with Crippen molar-refractivity contribution in [1.29, 1.82) is 0 Å². The highest BCUT2D eigenvalue weighted by Gasteiger charge is 2.22. The van der Waals surface area contributed by atoms with Crippen LogP contribution in [0.2, 0.25) is 0 Å². The maximum atomic E-state index is 12.2. The highest BCUT2D eigenvalue weighted by molar-refractivity contribution is 9.10. The van der Waals surface area contributed by atoms with Gasteiger partial charge in [-0.1, -0.05) is 22.0 Å². The van der Waals surface area contributed by atoms with E-state index in [1.165, 1.54) is 0 Å². The Morgan fingerprint density at radius 2 is 2.33 bits per heavy atom.